The van der Waals surface area contributed by atoms with E-state index >= 15 is 0 Å². The molecule has 68 valence electrons. The molecule has 0 saturated heterocycles. The van der Waals surface area contributed by atoms with Crippen LogP contribution in [0.3, 0.4) is 0 Å². The van der Waals surface area contributed by atoms with Crippen LogP contribution in [0.1, 0.15) is 47.0 Å². The Morgan fingerprint density at radius 3 is 1.64 bits per heavy atom. The van der Waals surface area contributed by atoms with Crippen LogP contribution in [0, 0.1) is 5.41 Å². The van der Waals surface area contributed by atoms with E-state index in [1.807, 2.05) is 0 Å². The summed E-state index contributed by atoms with van der Waals surface area (Å²) in [6, 6.07) is 0. The molecule has 0 unspecified atom stereocenters. The average molecular weight is 157 g/mol. The van der Waals surface area contributed by atoms with Crippen LogP contribution in [0.2, 0.25) is 0 Å². The Morgan fingerprint density at radius 1 is 0.909 bits per heavy atom. The molecular weight excluding hydrogens is 134 g/mol. The van der Waals surface area contributed by atoms with Crippen molar-refractivity contribution in [2.24, 2.45) is 5.41 Å². The Bertz CT molecular complexity index is 76.6. The first kappa shape index (κ1) is 11.0. The zero-order valence-corrected chi connectivity index (χ0v) is 8.54. The van der Waals surface area contributed by atoms with Crippen molar-refractivity contribution in [3.63, 3.8) is 0 Å². The molecule has 0 fully saturated rings. The SMILES string of the molecule is CCNCC(CC)(CC)CC. The first-order valence-electron chi connectivity index (χ1n) is 4.95. The Morgan fingerprint density at radius 2 is 1.36 bits per heavy atom. The zero-order chi connectivity index (χ0) is 8.74. The lowest BCUT2D eigenvalue weighted by atomic mass is 9.80. The second-order valence-electron chi connectivity index (χ2n) is 3.34. The minimum Gasteiger partial charge on any atom is -0.316 e. The molecular formula is C10H23N. The molecule has 0 aromatic carbocycles. The lowest BCUT2D eigenvalue weighted by Crippen LogP contribution is -2.32. The van der Waals surface area contributed by atoms with Crippen LogP contribution >= 0.6 is 0 Å². The normalized spacial score (nSPS) is 12.0. The van der Waals surface area contributed by atoms with E-state index in [2.05, 4.69) is 33.0 Å². The number of hydrogen-bond acceptors (Lipinski definition) is 1. The van der Waals surface area contributed by atoms with Gasteiger partial charge in [-0.3, -0.25) is 0 Å². The minimum absolute atomic E-state index is 0.565. The average Bonchev–Trinajstić information content (AvgIpc) is 2.08. The van der Waals surface area contributed by atoms with Gasteiger partial charge in [-0.1, -0.05) is 27.7 Å². The molecule has 1 heteroatoms. The zero-order valence-electron chi connectivity index (χ0n) is 8.54. The highest BCUT2D eigenvalue weighted by molar-refractivity contribution is 4.76. The molecule has 0 aliphatic heterocycles. The van der Waals surface area contributed by atoms with Gasteiger partial charge in [0.05, 0.1) is 0 Å². The molecule has 0 atom stereocenters. The van der Waals surface area contributed by atoms with Crippen LogP contribution in [0.15, 0.2) is 0 Å². The topological polar surface area (TPSA) is 12.0 Å². The Hall–Kier alpha value is -0.0400. The fraction of sp³-hybridized carbons (Fsp3) is 1.00. The van der Waals surface area contributed by atoms with Crippen molar-refractivity contribution in [1.29, 1.82) is 0 Å². The third-order valence-corrected chi connectivity index (χ3v) is 3.00. The molecule has 11 heavy (non-hydrogen) atoms. The van der Waals surface area contributed by atoms with Gasteiger partial charge in [0.25, 0.3) is 0 Å². The van der Waals surface area contributed by atoms with E-state index in [4.69, 9.17) is 0 Å². The molecule has 1 N–H and O–H groups in total. The van der Waals surface area contributed by atoms with Crippen molar-refractivity contribution in [2.75, 3.05) is 13.1 Å². The summed E-state index contributed by atoms with van der Waals surface area (Å²) >= 11 is 0. The standard InChI is InChI=1S/C10H23N/c1-5-10(6-2,7-3)9-11-8-4/h11H,5-9H2,1-4H3. The molecule has 0 aliphatic carbocycles. The van der Waals surface area contributed by atoms with Crippen LogP contribution in [-0.4, -0.2) is 13.1 Å². The third-order valence-electron chi connectivity index (χ3n) is 3.00. The van der Waals surface area contributed by atoms with E-state index in [9.17, 15) is 0 Å². The first-order chi connectivity index (χ1) is 5.24. The summed E-state index contributed by atoms with van der Waals surface area (Å²) in [5.74, 6) is 0. The van der Waals surface area contributed by atoms with Crippen molar-refractivity contribution in [1.82, 2.24) is 5.32 Å². The smallest absolute Gasteiger partial charge is 0.000738 e. The molecule has 0 rings (SSSR count). The molecule has 0 radical (unpaired) electrons. The van der Waals surface area contributed by atoms with Gasteiger partial charge in [0.1, 0.15) is 0 Å². The molecule has 0 aromatic heterocycles. The van der Waals surface area contributed by atoms with Crippen molar-refractivity contribution in [3.8, 4) is 0 Å². The first-order valence-corrected chi connectivity index (χ1v) is 4.95. The van der Waals surface area contributed by atoms with Gasteiger partial charge in [0.2, 0.25) is 0 Å². The third kappa shape index (κ3) is 3.24. The van der Waals surface area contributed by atoms with Crippen molar-refractivity contribution in [2.45, 2.75) is 47.0 Å². The summed E-state index contributed by atoms with van der Waals surface area (Å²) in [7, 11) is 0. The van der Waals surface area contributed by atoms with Gasteiger partial charge in [0, 0.05) is 6.54 Å². The van der Waals surface area contributed by atoms with Gasteiger partial charge in [-0.25, -0.2) is 0 Å². The van der Waals surface area contributed by atoms with E-state index in [0.717, 1.165) is 6.54 Å². The molecule has 1 nitrogen and oxygen atoms in total. The summed E-state index contributed by atoms with van der Waals surface area (Å²) in [6.07, 6.45) is 3.90. The lowest BCUT2D eigenvalue weighted by Gasteiger charge is -2.30. The van der Waals surface area contributed by atoms with E-state index in [1.165, 1.54) is 25.8 Å². The van der Waals surface area contributed by atoms with Crippen LogP contribution in [-0.2, 0) is 0 Å². The number of nitrogens with one attached hydrogen (secondary N) is 1. The van der Waals surface area contributed by atoms with Crippen LogP contribution in [0.5, 0.6) is 0 Å². The lowest BCUT2D eigenvalue weighted by molar-refractivity contribution is 0.240. The van der Waals surface area contributed by atoms with Gasteiger partial charge in [-0.2, -0.15) is 0 Å². The van der Waals surface area contributed by atoms with Crippen molar-refractivity contribution < 1.29 is 0 Å². The van der Waals surface area contributed by atoms with Gasteiger partial charge in [-0.15, -0.1) is 0 Å². The van der Waals surface area contributed by atoms with E-state index < -0.39 is 0 Å². The predicted molar refractivity (Wildman–Crippen MR) is 51.8 cm³/mol. The predicted octanol–water partition coefficient (Wildman–Crippen LogP) is 2.81. The van der Waals surface area contributed by atoms with E-state index in [0.29, 0.717) is 5.41 Å². The molecule has 0 bridgehead atoms. The monoisotopic (exact) mass is 157 g/mol. The largest absolute Gasteiger partial charge is 0.316 e. The van der Waals surface area contributed by atoms with Crippen LogP contribution in [0.25, 0.3) is 0 Å². The fourth-order valence-corrected chi connectivity index (χ4v) is 1.52. The van der Waals surface area contributed by atoms with Gasteiger partial charge < -0.3 is 5.32 Å². The van der Waals surface area contributed by atoms with Gasteiger partial charge in [0.15, 0.2) is 0 Å². The highest BCUT2D eigenvalue weighted by Crippen LogP contribution is 2.28. The Kier molecular flexibility index (Phi) is 5.57. The quantitative estimate of drug-likeness (QED) is 0.625. The van der Waals surface area contributed by atoms with Crippen LogP contribution < -0.4 is 5.32 Å². The second kappa shape index (κ2) is 5.59. The summed E-state index contributed by atoms with van der Waals surface area (Å²) in [6.45, 7) is 11.3. The maximum absolute atomic E-state index is 3.44. The minimum atomic E-state index is 0.565. The Labute approximate surface area is 71.6 Å². The molecule has 0 saturated carbocycles. The number of hydrogen-bond donors (Lipinski definition) is 1. The number of rotatable bonds is 6. The highest BCUT2D eigenvalue weighted by Gasteiger charge is 2.22. The van der Waals surface area contributed by atoms with E-state index in [-0.39, 0.29) is 0 Å². The fourth-order valence-electron chi connectivity index (χ4n) is 1.52. The summed E-state index contributed by atoms with van der Waals surface area (Å²) in [5.41, 5.74) is 0.565. The molecule has 0 aliphatic rings. The summed E-state index contributed by atoms with van der Waals surface area (Å²) in [5, 5.41) is 3.44. The maximum atomic E-state index is 3.44. The second-order valence-corrected chi connectivity index (χ2v) is 3.34. The van der Waals surface area contributed by atoms with Crippen molar-refractivity contribution in [3.05, 3.63) is 0 Å². The van der Waals surface area contributed by atoms with E-state index in [1.54, 1.807) is 0 Å². The van der Waals surface area contributed by atoms with Crippen LogP contribution in [0.4, 0.5) is 0 Å². The summed E-state index contributed by atoms with van der Waals surface area (Å²) in [4.78, 5) is 0. The van der Waals surface area contributed by atoms with Gasteiger partial charge >= 0.3 is 0 Å². The Balaban J connectivity index is 3.84. The van der Waals surface area contributed by atoms with Crippen molar-refractivity contribution >= 4 is 0 Å². The molecule has 0 amide bonds. The summed E-state index contributed by atoms with van der Waals surface area (Å²) < 4.78 is 0. The molecule has 0 heterocycles. The molecule has 0 aromatic rings. The highest BCUT2D eigenvalue weighted by atomic mass is 14.9. The maximum Gasteiger partial charge on any atom is 0.000738 e. The molecule has 0 spiro atoms. The van der Waals surface area contributed by atoms with Gasteiger partial charge in [-0.05, 0) is 31.2 Å².